The summed E-state index contributed by atoms with van der Waals surface area (Å²) in [6.45, 7) is 1.24. The van der Waals surface area contributed by atoms with Gasteiger partial charge in [0.1, 0.15) is 0 Å². The van der Waals surface area contributed by atoms with Gasteiger partial charge in [-0.3, -0.25) is 0 Å². The normalized spacial score (nSPS) is 11.1. The molecule has 1 aromatic rings. The highest BCUT2D eigenvalue weighted by atomic mass is 35.5. The summed E-state index contributed by atoms with van der Waals surface area (Å²) in [7, 11) is 1.61. The zero-order chi connectivity index (χ0) is 15.7. The number of alkyl halides is 2. The van der Waals surface area contributed by atoms with Gasteiger partial charge >= 0.3 is 0 Å². The first-order valence-corrected chi connectivity index (χ1v) is 7.08. The van der Waals surface area contributed by atoms with Crippen LogP contribution in [0.2, 0.25) is 5.02 Å². The first-order valence-electron chi connectivity index (χ1n) is 6.70. The molecule has 2 N–H and O–H groups in total. The predicted molar refractivity (Wildman–Crippen MR) is 80.3 cm³/mol. The van der Waals surface area contributed by atoms with E-state index in [9.17, 15) is 8.78 Å². The van der Waals surface area contributed by atoms with Gasteiger partial charge < -0.3 is 20.1 Å². The van der Waals surface area contributed by atoms with Crippen molar-refractivity contribution in [2.24, 2.45) is 0 Å². The summed E-state index contributed by atoms with van der Waals surface area (Å²) >= 11 is 5.96. The number of aliphatic hydroxyl groups is 1. The average Bonchev–Trinajstić information content (AvgIpc) is 2.44. The van der Waals surface area contributed by atoms with E-state index in [1.165, 1.54) is 4.90 Å². The summed E-state index contributed by atoms with van der Waals surface area (Å²) < 4.78 is 30.3. The van der Waals surface area contributed by atoms with E-state index in [4.69, 9.17) is 21.4 Å². The Kier molecular flexibility index (Phi) is 8.52. The number of rotatable bonds is 10. The molecule has 0 unspecified atom stereocenters. The minimum absolute atomic E-state index is 0.135. The van der Waals surface area contributed by atoms with Crippen LogP contribution in [0.1, 0.15) is 5.56 Å². The van der Waals surface area contributed by atoms with Crippen LogP contribution in [0.5, 0.6) is 0 Å². The molecule has 0 saturated heterocycles. The summed E-state index contributed by atoms with van der Waals surface area (Å²) in [4.78, 5) is 1.45. The maximum atomic E-state index is 12.7. The molecular weight excluding hydrogens is 302 g/mol. The lowest BCUT2D eigenvalue weighted by Gasteiger charge is -2.26. The van der Waals surface area contributed by atoms with Gasteiger partial charge in [-0.1, -0.05) is 17.7 Å². The molecule has 0 radical (unpaired) electrons. The average molecular weight is 323 g/mol. The van der Waals surface area contributed by atoms with Crippen molar-refractivity contribution in [3.8, 4) is 0 Å². The highest BCUT2D eigenvalue weighted by Crippen LogP contribution is 2.25. The van der Waals surface area contributed by atoms with Gasteiger partial charge in [-0.05, 0) is 17.7 Å². The molecule has 0 atom stereocenters. The number of nitrogens with zero attached hydrogens (tertiary/aromatic N) is 1. The lowest BCUT2D eigenvalue weighted by Crippen LogP contribution is -2.33. The molecule has 0 amide bonds. The molecule has 0 spiro atoms. The zero-order valence-corrected chi connectivity index (χ0v) is 12.7. The molecule has 120 valence electrons. The SMILES string of the molecule is COCCNCc1ccc(Cl)cc1N(CCO)CC(F)F. The number of aliphatic hydroxyl groups excluding tert-OH is 1. The topological polar surface area (TPSA) is 44.7 Å². The molecule has 0 saturated carbocycles. The van der Waals surface area contributed by atoms with Crippen LogP contribution >= 0.6 is 11.6 Å². The second-order valence-corrected chi connectivity index (χ2v) is 4.94. The molecule has 4 nitrogen and oxygen atoms in total. The van der Waals surface area contributed by atoms with Crippen molar-refractivity contribution in [3.63, 3.8) is 0 Å². The van der Waals surface area contributed by atoms with Crippen LogP contribution in [-0.2, 0) is 11.3 Å². The summed E-state index contributed by atoms with van der Waals surface area (Å²) in [5.41, 5.74) is 1.46. The molecule has 21 heavy (non-hydrogen) atoms. The van der Waals surface area contributed by atoms with E-state index in [0.717, 1.165) is 5.56 Å². The number of anilines is 1. The van der Waals surface area contributed by atoms with E-state index in [0.29, 0.717) is 30.4 Å². The van der Waals surface area contributed by atoms with Gasteiger partial charge in [0.25, 0.3) is 6.43 Å². The van der Waals surface area contributed by atoms with E-state index in [-0.39, 0.29) is 13.2 Å². The fraction of sp³-hybridized carbons (Fsp3) is 0.571. The highest BCUT2D eigenvalue weighted by molar-refractivity contribution is 6.30. The van der Waals surface area contributed by atoms with Crippen LogP contribution in [0.3, 0.4) is 0 Å². The number of ether oxygens (including phenoxy) is 1. The Morgan fingerprint density at radius 2 is 2.19 bits per heavy atom. The minimum atomic E-state index is -2.48. The third-order valence-corrected chi connectivity index (χ3v) is 3.15. The van der Waals surface area contributed by atoms with E-state index in [1.807, 2.05) is 0 Å². The second kappa shape index (κ2) is 9.89. The minimum Gasteiger partial charge on any atom is -0.395 e. The van der Waals surface area contributed by atoms with Gasteiger partial charge in [0, 0.05) is 37.5 Å². The van der Waals surface area contributed by atoms with E-state index >= 15 is 0 Å². The smallest absolute Gasteiger partial charge is 0.255 e. The van der Waals surface area contributed by atoms with Crippen molar-refractivity contribution in [2.45, 2.75) is 13.0 Å². The van der Waals surface area contributed by atoms with Crippen molar-refractivity contribution in [3.05, 3.63) is 28.8 Å². The molecule has 0 aliphatic carbocycles. The van der Waals surface area contributed by atoms with Gasteiger partial charge in [0.05, 0.1) is 19.8 Å². The Balaban J connectivity index is 2.86. The van der Waals surface area contributed by atoms with Crippen LogP contribution in [0, 0.1) is 0 Å². The number of benzene rings is 1. The van der Waals surface area contributed by atoms with Gasteiger partial charge in [-0.2, -0.15) is 0 Å². The second-order valence-electron chi connectivity index (χ2n) is 4.50. The Morgan fingerprint density at radius 1 is 1.43 bits per heavy atom. The van der Waals surface area contributed by atoms with Crippen LogP contribution < -0.4 is 10.2 Å². The Morgan fingerprint density at radius 3 is 2.81 bits per heavy atom. The van der Waals surface area contributed by atoms with Crippen molar-refractivity contribution >= 4 is 17.3 Å². The predicted octanol–water partition coefficient (Wildman–Crippen LogP) is 2.14. The number of hydrogen-bond donors (Lipinski definition) is 2. The fourth-order valence-corrected chi connectivity index (χ4v) is 2.14. The zero-order valence-electron chi connectivity index (χ0n) is 12.0. The summed E-state index contributed by atoms with van der Waals surface area (Å²) in [5, 5.41) is 12.7. The number of hydrogen-bond acceptors (Lipinski definition) is 4. The van der Waals surface area contributed by atoms with Crippen molar-refractivity contribution in [2.75, 3.05) is 44.9 Å². The van der Waals surface area contributed by atoms with Crippen LogP contribution in [0.4, 0.5) is 14.5 Å². The molecule has 0 fully saturated rings. The summed E-state index contributed by atoms with van der Waals surface area (Å²) in [6.07, 6.45) is -2.48. The van der Waals surface area contributed by atoms with Crippen LogP contribution in [-0.4, -0.2) is 51.5 Å². The van der Waals surface area contributed by atoms with E-state index in [2.05, 4.69) is 5.32 Å². The third kappa shape index (κ3) is 6.56. The molecule has 0 heterocycles. The molecular formula is C14H21ClF2N2O2. The van der Waals surface area contributed by atoms with Crippen LogP contribution in [0.25, 0.3) is 0 Å². The van der Waals surface area contributed by atoms with Gasteiger partial charge in [-0.15, -0.1) is 0 Å². The van der Waals surface area contributed by atoms with E-state index < -0.39 is 13.0 Å². The molecule has 0 aromatic heterocycles. The molecule has 1 aromatic carbocycles. The number of methoxy groups -OCH3 is 1. The van der Waals surface area contributed by atoms with Crippen molar-refractivity contribution < 1.29 is 18.6 Å². The first kappa shape index (κ1) is 18.1. The quantitative estimate of drug-likeness (QED) is 0.648. The Hall–Kier alpha value is -0.950. The lowest BCUT2D eigenvalue weighted by molar-refractivity contribution is 0.152. The Bertz CT molecular complexity index is 422. The molecule has 7 heteroatoms. The number of nitrogens with one attached hydrogen (secondary N) is 1. The first-order chi connectivity index (χ1) is 10.1. The molecule has 0 bridgehead atoms. The Labute approximate surface area is 128 Å². The highest BCUT2D eigenvalue weighted by Gasteiger charge is 2.16. The molecule has 1 rings (SSSR count). The van der Waals surface area contributed by atoms with Gasteiger partial charge in [0.15, 0.2) is 0 Å². The van der Waals surface area contributed by atoms with E-state index in [1.54, 1.807) is 25.3 Å². The maximum absolute atomic E-state index is 12.7. The standard InChI is InChI=1S/C14H21ClF2N2O2/c1-21-7-4-18-9-11-2-3-12(15)8-13(11)19(5-6-20)10-14(16)17/h2-3,8,14,18,20H,4-7,9-10H2,1H3. The summed E-state index contributed by atoms with van der Waals surface area (Å²) in [6, 6.07) is 5.16. The van der Waals surface area contributed by atoms with Gasteiger partial charge in [-0.25, -0.2) is 8.78 Å². The van der Waals surface area contributed by atoms with Crippen molar-refractivity contribution in [1.82, 2.24) is 5.32 Å². The van der Waals surface area contributed by atoms with Crippen LogP contribution in [0.15, 0.2) is 18.2 Å². The molecule has 0 aliphatic heterocycles. The third-order valence-electron chi connectivity index (χ3n) is 2.91. The maximum Gasteiger partial charge on any atom is 0.255 e. The lowest BCUT2D eigenvalue weighted by atomic mass is 10.1. The monoisotopic (exact) mass is 322 g/mol. The summed E-state index contributed by atoms with van der Waals surface area (Å²) in [5.74, 6) is 0. The fourth-order valence-electron chi connectivity index (χ4n) is 1.98. The van der Waals surface area contributed by atoms with Gasteiger partial charge in [0.2, 0.25) is 0 Å². The largest absolute Gasteiger partial charge is 0.395 e. The van der Waals surface area contributed by atoms with Crippen molar-refractivity contribution in [1.29, 1.82) is 0 Å². The molecule has 0 aliphatic rings. The number of halogens is 3.